The van der Waals surface area contributed by atoms with E-state index < -0.39 is 6.10 Å². The molecule has 0 radical (unpaired) electrons. The molecule has 0 aliphatic carbocycles. The minimum Gasteiger partial charge on any atom is -0.390 e. The lowest BCUT2D eigenvalue weighted by Gasteiger charge is -2.17. The van der Waals surface area contributed by atoms with Gasteiger partial charge in [0.25, 0.3) is 0 Å². The fourth-order valence-electron chi connectivity index (χ4n) is 1.69. The molecule has 0 saturated heterocycles. The third kappa shape index (κ3) is 3.89. The van der Waals surface area contributed by atoms with Gasteiger partial charge in [-0.2, -0.15) is 0 Å². The van der Waals surface area contributed by atoms with E-state index in [1.165, 1.54) is 6.92 Å². The first-order chi connectivity index (χ1) is 8.45. The molecule has 1 aromatic rings. The van der Waals surface area contributed by atoms with Crippen LogP contribution >= 0.6 is 11.6 Å². The van der Waals surface area contributed by atoms with Gasteiger partial charge in [-0.15, -0.1) is 11.6 Å². The first-order valence-corrected chi connectivity index (χ1v) is 6.34. The Morgan fingerprint density at radius 1 is 1.44 bits per heavy atom. The van der Waals surface area contributed by atoms with Gasteiger partial charge >= 0.3 is 0 Å². The van der Waals surface area contributed by atoms with Crippen LogP contribution in [0.2, 0.25) is 0 Å². The molecule has 1 aromatic carbocycles. The predicted octanol–water partition coefficient (Wildman–Crippen LogP) is 2.27. The van der Waals surface area contributed by atoms with Gasteiger partial charge in [-0.3, -0.25) is 4.79 Å². The number of benzene rings is 1. The lowest BCUT2D eigenvalue weighted by molar-refractivity contribution is -0.114. The van der Waals surface area contributed by atoms with E-state index in [0.717, 1.165) is 22.5 Å². The Balaban J connectivity index is 2.90. The van der Waals surface area contributed by atoms with Gasteiger partial charge in [-0.25, -0.2) is 0 Å². The van der Waals surface area contributed by atoms with Crippen LogP contribution < -0.4 is 10.6 Å². The number of halogens is 1. The third-order valence-electron chi connectivity index (χ3n) is 2.68. The van der Waals surface area contributed by atoms with Crippen molar-refractivity contribution in [3.63, 3.8) is 0 Å². The molecule has 1 amide bonds. The number of alkyl halides is 1. The van der Waals surface area contributed by atoms with Gasteiger partial charge in [0.15, 0.2) is 0 Å². The molecular weight excluding hydrogens is 252 g/mol. The minimum absolute atomic E-state index is 0.0980. The van der Waals surface area contributed by atoms with Gasteiger partial charge in [0.1, 0.15) is 0 Å². The number of aryl methyl sites for hydroxylation is 1. The standard InChI is InChI=1S/C13H19ClN2O2/c1-8-4-5-12(15-7-11(18)6-14)9(2)13(8)16-10(3)17/h4-5,11,15,18H,6-7H2,1-3H3,(H,16,17). The van der Waals surface area contributed by atoms with E-state index in [1.54, 1.807) is 0 Å². The Kier molecular flexibility index (Phi) is 5.44. The number of carbonyl (C=O) groups is 1. The fraction of sp³-hybridized carbons (Fsp3) is 0.462. The number of rotatable bonds is 5. The molecule has 1 rings (SSSR count). The van der Waals surface area contributed by atoms with Crippen LogP contribution in [0.3, 0.4) is 0 Å². The van der Waals surface area contributed by atoms with Crippen molar-refractivity contribution in [1.82, 2.24) is 0 Å². The van der Waals surface area contributed by atoms with Crippen molar-refractivity contribution in [3.05, 3.63) is 23.3 Å². The average Bonchev–Trinajstić information content (AvgIpc) is 2.32. The van der Waals surface area contributed by atoms with Gasteiger partial charge in [-0.05, 0) is 31.0 Å². The smallest absolute Gasteiger partial charge is 0.221 e. The molecule has 0 aliphatic rings. The second-order valence-electron chi connectivity index (χ2n) is 4.30. The first-order valence-electron chi connectivity index (χ1n) is 5.81. The molecule has 0 spiro atoms. The van der Waals surface area contributed by atoms with E-state index in [4.69, 9.17) is 11.6 Å². The summed E-state index contributed by atoms with van der Waals surface area (Å²) in [6, 6.07) is 3.85. The maximum Gasteiger partial charge on any atom is 0.221 e. The molecule has 0 heterocycles. The van der Waals surface area contributed by atoms with E-state index in [-0.39, 0.29) is 11.8 Å². The molecule has 5 heteroatoms. The summed E-state index contributed by atoms with van der Waals surface area (Å²) in [5.74, 6) is 0.0929. The Morgan fingerprint density at radius 2 is 2.11 bits per heavy atom. The van der Waals surface area contributed by atoms with Crippen LogP contribution in [0.15, 0.2) is 12.1 Å². The fourth-order valence-corrected chi connectivity index (χ4v) is 1.80. The van der Waals surface area contributed by atoms with Crippen LogP contribution in [0.4, 0.5) is 11.4 Å². The SMILES string of the molecule is CC(=O)Nc1c(C)ccc(NCC(O)CCl)c1C. The predicted molar refractivity (Wildman–Crippen MR) is 75.4 cm³/mol. The molecule has 0 fully saturated rings. The summed E-state index contributed by atoms with van der Waals surface area (Å²) in [5.41, 5.74) is 3.65. The van der Waals surface area contributed by atoms with Crippen LogP contribution in [-0.4, -0.2) is 29.5 Å². The molecule has 1 atom stereocenters. The highest BCUT2D eigenvalue weighted by Crippen LogP contribution is 2.27. The summed E-state index contributed by atoms with van der Waals surface area (Å²) in [5, 5.41) is 15.3. The maximum absolute atomic E-state index is 11.2. The molecule has 100 valence electrons. The molecule has 4 nitrogen and oxygen atoms in total. The second kappa shape index (κ2) is 6.61. The Labute approximate surface area is 112 Å². The van der Waals surface area contributed by atoms with Crippen LogP contribution in [0.1, 0.15) is 18.1 Å². The van der Waals surface area contributed by atoms with Crippen molar-refractivity contribution in [2.24, 2.45) is 0 Å². The second-order valence-corrected chi connectivity index (χ2v) is 4.61. The zero-order valence-corrected chi connectivity index (χ0v) is 11.6. The van der Waals surface area contributed by atoms with Gasteiger partial charge in [0.05, 0.1) is 12.0 Å². The molecule has 18 heavy (non-hydrogen) atoms. The van der Waals surface area contributed by atoms with Crippen LogP contribution in [-0.2, 0) is 4.79 Å². The summed E-state index contributed by atoms with van der Waals surface area (Å²) < 4.78 is 0. The third-order valence-corrected chi connectivity index (χ3v) is 3.04. The number of aliphatic hydroxyl groups excluding tert-OH is 1. The molecular formula is C13H19ClN2O2. The van der Waals surface area contributed by atoms with Gasteiger partial charge in [0, 0.05) is 24.8 Å². The average molecular weight is 271 g/mol. The molecule has 0 bridgehead atoms. The summed E-state index contributed by atoms with van der Waals surface area (Å²) in [6.07, 6.45) is -0.586. The number of carbonyl (C=O) groups excluding carboxylic acids is 1. The highest BCUT2D eigenvalue weighted by atomic mass is 35.5. The lowest BCUT2D eigenvalue weighted by Crippen LogP contribution is -2.21. The van der Waals surface area contributed by atoms with Gasteiger partial charge < -0.3 is 15.7 Å². The summed E-state index contributed by atoms with van der Waals surface area (Å²) in [7, 11) is 0. The van der Waals surface area contributed by atoms with Crippen LogP contribution in [0.25, 0.3) is 0 Å². The van der Waals surface area contributed by atoms with Crippen molar-refractivity contribution in [3.8, 4) is 0 Å². The van der Waals surface area contributed by atoms with E-state index in [1.807, 2.05) is 26.0 Å². The Bertz CT molecular complexity index is 435. The highest BCUT2D eigenvalue weighted by Gasteiger charge is 2.09. The van der Waals surface area contributed by atoms with Crippen molar-refractivity contribution < 1.29 is 9.90 Å². The molecule has 3 N–H and O–H groups in total. The number of amides is 1. The number of aliphatic hydroxyl groups is 1. The van der Waals surface area contributed by atoms with Crippen molar-refractivity contribution in [2.75, 3.05) is 23.1 Å². The van der Waals surface area contributed by atoms with Crippen molar-refractivity contribution >= 4 is 28.9 Å². The zero-order chi connectivity index (χ0) is 13.7. The monoisotopic (exact) mass is 270 g/mol. The zero-order valence-electron chi connectivity index (χ0n) is 10.9. The van der Waals surface area contributed by atoms with E-state index >= 15 is 0 Å². The number of nitrogens with one attached hydrogen (secondary N) is 2. The quantitative estimate of drug-likeness (QED) is 0.720. The Morgan fingerprint density at radius 3 is 2.67 bits per heavy atom. The van der Waals surface area contributed by atoms with E-state index in [9.17, 15) is 9.90 Å². The first kappa shape index (κ1) is 14.8. The van der Waals surface area contributed by atoms with Gasteiger partial charge in [-0.1, -0.05) is 6.07 Å². The highest BCUT2D eigenvalue weighted by molar-refractivity contribution is 6.18. The van der Waals surface area contributed by atoms with Crippen molar-refractivity contribution in [2.45, 2.75) is 26.9 Å². The normalized spacial score (nSPS) is 12.1. The Hall–Kier alpha value is -1.26. The summed E-state index contributed by atoms with van der Waals surface area (Å²) >= 11 is 5.54. The minimum atomic E-state index is -0.586. The number of hydrogen-bond acceptors (Lipinski definition) is 3. The maximum atomic E-state index is 11.2. The lowest BCUT2D eigenvalue weighted by atomic mass is 10.1. The molecule has 0 aliphatic heterocycles. The van der Waals surface area contributed by atoms with Crippen LogP contribution in [0, 0.1) is 13.8 Å². The largest absolute Gasteiger partial charge is 0.390 e. The van der Waals surface area contributed by atoms with Crippen molar-refractivity contribution in [1.29, 1.82) is 0 Å². The molecule has 0 saturated carbocycles. The van der Waals surface area contributed by atoms with Crippen LogP contribution in [0.5, 0.6) is 0 Å². The van der Waals surface area contributed by atoms with E-state index in [2.05, 4.69) is 10.6 Å². The summed E-state index contributed by atoms with van der Waals surface area (Å²) in [6.45, 7) is 5.73. The van der Waals surface area contributed by atoms with Gasteiger partial charge in [0.2, 0.25) is 5.91 Å². The van der Waals surface area contributed by atoms with E-state index in [0.29, 0.717) is 6.54 Å². The molecule has 0 aromatic heterocycles. The molecule has 1 unspecified atom stereocenters. The number of anilines is 2. The summed E-state index contributed by atoms with van der Waals surface area (Å²) in [4.78, 5) is 11.2. The topological polar surface area (TPSA) is 61.4 Å². The number of hydrogen-bond donors (Lipinski definition) is 3.